The fourth-order valence-corrected chi connectivity index (χ4v) is 2.47. The van der Waals surface area contributed by atoms with E-state index in [1.165, 1.54) is 12.1 Å². The first-order valence-electron chi connectivity index (χ1n) is 6.92. The van der Waals surface area contributed by atoms with E-state index in [1.54, 1.807) is 24.4 Å². The number of aryl methyl sites for hydroxylation is 1. The van der Waals surface area contributed by atoms with Crippen molar-refractivity contribution in [3.05, 3.63) is 48.3 Å². The number of H-pyrrole nitrogens is 1. The zero-order valence-electron chi connectivity index (χ0n) is 12.7. The lowest BCUT2D eigenvalue weighted by atomic mass is 10.3. The molecule has 0 unspecified atom stereocenters. The van der Waals surface area contributed by atoms with Gasteiger partial charge in [-0.3, -0.25) is 5.10 Å². The molecule has 3 rings (SSSR count). The van der Waals surface area contributed by atoms with Crippen molar-refractivity contribution in [2.24, 2.45) is 5.14 Å². The van der Waals surface area contributed by atoms with Gasteiger partial charge in [0.05, 0.1) is 4.90 Å². The van der Waals surface area contributed by atoms with Gasteiger partial charge in [0, 0.05) is 23.6 Å². The zero-order valence-corrected chi connectivity index (χ0v) is 13.5. The maximum atomic E-state index is 11.2. The Morgan fingerprint density at radius 3 is 2.46 bits per heavy atom. The Kier molecular flexibility index (Phi) is 4.15. The van der Waals surface area contributed by atoms with Crippen LogP contribution in [0.25, 0.3) is 0 Å². The number of nitrogens with two attached hydrogens (primary N) is 1. The first kappa shape index (κ1) is 15.9. The number of nitrogens with zero attached hydrogens (tertiary/aromatic N) is 3. The van der Waals surface area contributed by atoms with E-state index >= 15 is 0 Å². The van der Waals surface area contributed by atoms with Gasteiger partial charge >= 0.3 is 0 Å². The number of hydrogen-bond acceptors (Lipinski definition) is 7. The summed E-state index contributed by atoms with van der Waals surface area (Å²) in [5.74, 6) is 1.57. The molecular formula is C14H15N7O2S. The molecule has 0 radical (unpaired) electrons. The number of aromatic amines is 1. The lowest BCUT2D eigenvalue weighted by molar-refractivity contribution is 0.598. The third-order valence-corrected chi connectivity index (χ3v) is 3.99. The summed E-state index contributed by atoms with van der Waals surface area (Å²) in [5.41, 5.74) is 1.56. The quantitative estimate of drug-likeness (QED) is 0.551. The molecule has 0 atom stereocenters. The van der Waals surface area contributed by atoms with E-state index in [0.717, 1.165) is 5.69 Å². The molecule has 3 aromatic rings. The van der Waals surface area contributed by atoms with Crippen LogP contribution in [0.5, 0.6) is 0 Å². The van der Waals surface area contributed by atoms with Crippen LogP contribution in [0.2, 0.25) is 0 Å². The van der Waals surface area contributed by atoms with Crippen molar-refractivity contribution in [2.45, 2.75) is 11.8 Å². The second-order valence-electron chi connectivity index (χ2n) is 5.02. The lowest BCUT2D eigenvalue weighted by Gasteiger charge is -2.07. The highest BCUT2D eigenvalue weighted by Crippen LogP contribution is 2.18. The number of nitrogens with one attached hydrogen (secondary N) is 3. The minimum atomic E-state index is -3.71. The summed E-state index contributed by atoms with van der Waals surface area (Å²) in [4.78, 5) is 8.47. The van der Waals surface area contributed by atoms with Gasteiger partial charge in [0.2, 0.25) is 16.0 Å². The summed E-state index contributed by atoms with van der Waals surface area (Å²) in [6.45, 7) is 1.90. The van der Waals surface area contributed by atoms with E-state index in [2.05, 4.69) is 30.8 Å². The van der Waals surface area contributed by atoms with Crippen molar-refractivity contribution >= 4 is 33.3 Å². The largest absolute Gasteiger partial charge is 0.324 e. The van der Waals surface area contributed by atoms with Gasteiger partial charge in [-0.15, -0.1) is 0 Å². The van der Waals surface area contributed by atoms with E-state index in [9.17, 15) is 8.42 Å². The van der Waals surface area contributed by atoms with Gasteiger partial charge in [-0.25, -0.2) is 18.5 Å². The Bertz CT molecular complexity index is 951. The van der Waals surface area contributed by atoms with Crippen molar-refractivity contribution in [1.82, 2.24) is 20.2 Å². The van der Waals surface area contributed by atoms with Gasteiger partial charge in [0.25, 0.3) is 0 Å². The van der Waals surface area contributed by atoms with Gasteiger partial charge in [-0.05, 0) is 37.3 Å². The normalized spacial score (nSPS) is 11.2. The molecule has 2 aromatic heterocycles. The van der Waals surface area contributed by atoms with E-state index in [-0.39, 0.29) is 4.90 Å². The van der Waals surface area contributed by atoms with Gasteiger partial charge in [0.15, 0.2) is 5.82 Å². The van der Waals surface area contributed by atoms with Crippen LogP contribution in [0, 0.1) is 6.92 Å². The second-order valence-corrected chi connectivity index (χ2v) is 6.58. The Morgan fingerprint density at radius 2 is 1.83 bits per heavy atom. The highest BCUT2D eigenvalue weighted by Gasteiger charge is 2.07. The Morgan fingerprint density at radius 1 is 1.08 bits per heavy atom. The summed E-state index contributed by atoms with van der Waals surface area (Å²) >= 11 is 0. The maximum absolute atomic E-state index is 11.2. The van der Waals surface area contributed by atoms with Crippen LogP contribution in [-0.4, -0.2) is 28.6 Å². The highest BCUT2D eigenvalue weighted by atomic mass is 32.2. The van der Waals surface area contributed by atoms with Crippen LogP contribution in [0.4, 0.5) is 23.3 Å². The minimum absolute atomic E-state index is 0.0401. The van der Waals surface area contributed by atoms with Crippen molar-refractivity contribution in [3.8, 4) is 0 Å². The zero-order chi connectivity index (χ0) is 17.2. The molecule has 5 N–H and O–H groups in total. The van der Waals surface area contributed by atoms with Crippen molar-refractivity contribution in [3.63, 3.8) is 0 Å². The molecule has 0 saturated heterocycles. The van der Waals surface area contributed by atoms with Gasteiger partial charge in [0.1, 0.15) is 5.82 Å². The first-order valence-corrected chi connectivity index (χ1v) is 8.47. The number of sulfonamides is 1. The molecule has 0 fully saturated rings. The first-order chi connectivity index (χ1) is 11.4. The van der Waals surface area contributed by atoms with E-state index in [0.29, 0.717) is 23.3 Å². The molecule has 0 amide bonds. The van der Waals surface area contributed by atoms with E-state index in [1.807, 2.05) is 13.0 Å². The highest BCUT2D eigenvalue weighted by molar-refractivity contribution is 7.89. The van der Waals surface area contributed by atoms with Crippen LogP contribution in [-0.2, 0) is 10.0 Å². The molecule has 0 spiro atoms. The summed E-state index contributed by atoms with van der Waals surface area (Å²) in [5, 5.41) is 18.0. The Labute approximate surface area is 138 Å². The van der Waals surface area contributed by atoms with Crippen LogP contribution in [0.15, 0.2) is 47.5 Å². The number of primary sulfonamides is 1. The van der Waals surface area contributed by atoms with Crippen LogP contribution in [0.1, 0.15) is 5.69 Å². The average Bonchev–Trinajstić information content (AvgIpc) is 2.92. The SMILES string of the molecule is Cc1cc(Nc2ccnc(Nc3ccc(S(N)(=O)=O)cc3)n2)n[nH]1. The molecule has 9 nitrogen and oxygen atoms in total. The minimum Gasteiger partial charge on any atom is -0.324 e. The molecule has 0 saturated carbocycles. The third-order valence-electron chi connectivity index (χ3n) is 3.06. The van der Waals surface area contributed by atoms with Crippen LogP contribution >= 0.6 is 0 Å². The van der Waals surface area contributed by atoms with E-state index in [4.69, 9.17) is 5.14 Å². The number of hydrogen-bond donors (Lipinski definition) is 4. The van der Waals surface area contributed by atoms with Gasteiger partial charge in [-0.1, -0.05) is 0 Å². The molecule has 0 aliphatic rings. The smallest absolute Gasteiger partial charge is 0.238 e. The topological polar surface area (TPSA) is 139 Å². The monoisotopic (exact) mass is 345 g/mol. The number of aromatic nitrogens is 4. The van der Waals surface area contributed by atoms with Crippen molar-refractivity contribution in [1.29, 1.82) is 0 Å². The maximum Gasteiger partial charge on any atom is 0.238 e. The molecule has 24 heavy (non-hydrogen) atoms. The predicted molar refractivity (Wildman–Crippen MR) is 89.7 cm³/mol. The predicted octanol–water partition coefficient (Wildman–Crippen LogP) is 1.64. The Hall–Kier alpha value is -2.98. The van der Waals surface area contributed by atoms with Crippen LogP contribution in [0.3, 0.4) is 0 Å². The second kappa shape index (κ2) is 6.26. The molecule has 0 aliphatic carbocycles. The van der Waals surface area contributed by atoms with Gasteiger partial charge < -0.3 is 10.6 Å². The fourth-order valence-electron chi connectivity index (χ4n) is 1.96. The molecule has 0 aliphatic heterocycles. The fraction of sp³-hybridized carbons (Fsp3) is 0.0714. The van der Waals surface area contributed by atoms with Crippen molar-refractivity contribution in [2.75, 3.05) is 10.6 Å². The Balaban J connectivity index is 1.74. The summed E-state index contributed by atoms with van der Waals surface area (Å²) in [6.07, 6.45) is 1.59. The molecule has 2 heterocycles. The number of anilines is 4. The average molecular weight is 345 g/mol. The van der Waals surface area contributed by atoms with E-state index < -0.39 is 10.0 Å². The summed E-state index contributed by atoms with van der Waals surface area (Å²) in [7, 11) is -3.71. The molecule has 1 aromatic carbocycles. The summed E-state index contributed by atoms with van der Waals surface area (Å²) < 4.78 is 22.5. The number of benzene rings is 1. The standard InChI is InChI=1S/C14H15N7O2S/c1-9-8-13(21-20-9)18-12-6-7-16-14(19-12)17-10-2-4-11(5-3-10)24(15,22)23/h2-8H,1H3,(H2,15,22,23)(H3,16,17,18,19,20,21). The molecular weight excluding hydrogens is 330 g/mol. The third kappa shape index (κ3) is 3.86. The lowest BCUT2D eigenvalue weighted by Crippen LogP contribution is -2.11. The molecule has 124 valence electrons. The van der Waals surface area contributed by atoms with Crippen LogP contribution < -0.4 is 15.8 Å². The molecule has 0 bridgehead atoms. The number of rotatable bonds is 5. The summed E-state index contributed by atoms with van der Waals surface area (Å²) in [6, 6.07) is 9.54. The van der Waals surface area contributed by atoms with Crippen molar-refractivity contribution < 1.29 is 8.42 Å². The molecule has 10 heteroatoms. The van der Waals surface area contributed by atoms with Gasteiger partial charge in [-0.2, -0.15) is 10.1 Å².